The minimum absolute atomic E-state index is 0. The predicted octanol–water partition coefficient (Wildman–Crippen LogP) is -3.89. The van der Waals surface area contributed by atoms with Gasteiger partial charge in [-0.05, 0) is 6.08 Å². The van der Waals surface area contributed by atoms with Gasteiger partial charge in [0, 0.05) is 13.1 Å². The van der Waals surface area contributed by atoms with Gasteiger partial charge < -0.3 is 14.7 Å². The molecule has 0 N–H and O–H groups in total. The molecule has 0 aliphatic carbocycles. The number of allylic oxidation sites excluding steroid dienone is 1. The Morgan fingerprint density at radius 2 is 2.00 bits per heavy atom. The van der Waals surface area contributed by atoms with Gasteiger partial charge in [-0.2, -0.15) is 0 Å². The van der Waals surface area contributed by atoms with Crippen LogP contribution in [-0.2, 0) is 9.53 Å². The summed E-state index contributed by atoms with van der Waals surface area (Å²) in [4.78, 5) is 12.8. The van der Waals surface area contributed by atoms with E-state index in [0.29, 0.717) is 26.3 Å². The summed E-state index contributed by atoms with van der Waals surface area (Å²) in [6.07, 6.45) is 1.12. The fourth-order valence-electron chi connectivity index (χ4n) is 1.05. The maximum absolute atomic E-state index is 11.2. The number of nitrogens with zero attached hydrogens (tertiary/aromatic N) is 1. The van der Waals surface area contributed by atoms with Crippen molar-refractivity contribution in [1.82, 2.24) is 4.90 Å². The van der Waals surface area contributed by atoms with Gasteiger partial charge in [0.15, 0.2) is 0 Å². The van der Waals surface area contributed by atoms with Crippen molar-refractivity contribution in [3.63, 3.8) is 0 Å². The van der Waals surface area contributed by atoms with Crippen LogP contribution in [0.4, 0.5) is 0 Å². The summed E-state index contributed by atoms with van der Waals surface area (Å²) in [6, 6.07) is 0. The van der Waals surface area contributed by atoms with Gasteiger partial charge in [-0.3, -0.25) is 4.79 Å². The maximum Gasteiger partial charge on any atom is 1.00 e. The van der Waals surface area contributed by atoms with Crippen LogP contribution in [0.15, 0.2) is 11.8 Å². The van der Waals surface area contributed by atoms with Gasteiger partial charge >= 0.3 is 29.6 Å². The van der Waals surface area contributed by atoms with E-state index in [1.54, 1.807) is 4.90 Å². The molecule has 1 heterocycles. The largest absolute Gasteiger partial charge is 1.00 e. The van der Waals surface area contributed by atoms with Gasteiger partial charge in [-0.15, -0.1) is 5.76 Å². The molecule has 0 saturated carbocycles. The maximum atomic E-state index is 11.2. The average Bonchev–Trinajstić information content (AvgIpc) is 2.05. The first-order valence-electron chi connectivity index (χ1n) is 3.92. The Kier molecular flexibility index (Phi) is 6.41. The fraction of sp³-hybridized carbons (Fsp3) is 0.625. The van der Waals surface area contributed by atoms with Crippen LogP contribution in [0.1, 0.15) is 6.92 Å². The molecule has 4 nitrogen and oxygen atoms in total. The van der Waals surface area contributed by atoms with Crippen LogP contribution in [0.3, 0.4) is 0 Å². The van der Waals surface area contributed by atoms with Crippen LogP contribution in [0.5, 0.6) is 0 Å². The number of morpholine rings is 1. The molecule has 1 amide bonds. The van der Waals surface area contributed by atoms with E-state index in [9.17, 15) is 9.90 Å². The first-order valence-corrected chi connectivity index (χ1v) is 3.92. The number of hydrogen-bond donors (Lipinski definition) is 0. The molecule has 0 unspecified atom stereocenters. The Labute approximate surface area is 99.8 Å². The molecule has 0 aromatic carbocycles. The Bertz CT molecular complexity index is 196. The Morgan fingerprint density at radius 3 is 2.46 bits per heavy atom. The molecule has 0 spiro atoms. The summed E-state index contributed by atoms with van der Waals surface area (Å²) in [5.74, 6) is -0.405. The van der Waals surface area contributed by atoms with Crippen molar-refractivity contribution in [1.29, 1.82) is 0 Å². The van der Waals surface area contributed by atoms with Gasteiger partial charge in [0.2, 0.25) is 5.91 Å². The minimum Gasteiger partial charge on any atom is -0.875 e. The van der Waals surface area contributed by atoms with Crippen molar-refractivity contribution < 1.29 is 44.2 Å². The van der Waals surface area contributed by atoms with Gasteiger partial charge in [0.1, 0.15) is 0 Å². The van der Waals surface area contributed by atoms with Crippen molar-refractivity contribution in [2.45, 2.75) is 6.92 Å². The quantitative estimate of drug-likeness (QED) is 0.243. The molecule has 0 bridgehead atoms. The van der Waals surface area contributed by atoms with Gasteiger partial charge in [0.25, 0.3) is 0 Å². The molecule has 0 radical (unpaired) electrons. The number of carbonyl (C=O) groups excluding carboxylic acids is 1. The second-order valence-corrected chi connectivity index (χ2v) is 2.69. The SMILES string of the molecule is C/C([O-])=C\C(=O)N1CCOCC1.[Na+]. The zero-order valence-electron chi connectivity index (χ0n) is 8.08. The molecule has 1 rings (SSSR count). The number of carbonyl (C=O) groups is 1. The standard InChI is InChI=1S/C8H13NO3.Na/c1-7(10)6-8(11)9-2-4-12-5-3-9;/h6,10H,2-5H2,1H3;/q;+1/p-1/b7-6+;. The van der Waals surface area contributed by atoms with E-state index in [0.717, 1.165) is 6.08 Å². The van der Waals surface area contributed by atoms with Crippen LogP contribution in [-0.4, -0.2) is 37.1 Å². The molecule has 0 aromatic rings. The summed E-state index contributed by atoms with van der Waals surface area (Å²) < 4.78 is 5.06. The molecule has 68 valence electrons. The third-order valence-electron chi connectivity index (χ3n) is 1.65. The van der Waals surface area contributed by atoms with E-state index in [4.69, 9.17) is 4.74 Å². The third-order valence-corrected chi connectivity index (χ3v) is 1.65. The van der Waals surface area contributed by atoms with E-state index >= 15 is 0 Å². The molecular formula is C8H12NNaO3. The molecule has 0 atom stereocenters. The number of ether oxygens (including phenoxy) is 1. The van der Waals surface area contributed by atoms with Crippen LogP contribution in [0, 0.1) is 0 Å². The summed E-state index contributed by atoms with van der Waals surface area (Å²) in [5.41, 5.74) is 0. The molecule has 1 saturated heterocycles. The van der Waals surface area contributed by atoms with Crippen molar-refractivity contribution in [3.8, 4) is 0 Å². The number of hydrogen-bond acceptors (Lipinski definition) is 3. The Hall–Kier alpha value is -0.0300. The molecular weight excluding hydrogens is 181 g/mol. The number of amides is 1. The second kappa shape index (κ2) is 6.43. The Morgan fingerprint density at radius 1 is 1.46 bits per heavy atom. The average molecular weight is 193 g/mol. The second-order valence-electron chi connectivity index (χ2n) is 2.69. The minimum atomic E-state index is -0.203. The van der Waals surface area contributed by atoms with Crippen LogP contribution in [0.2, 0.25) is 0 Å². The predicted molar refractivity (Wildman–Crippen MR) is 41.2 cm³/mol. The summed E-state index contributed by atoms with van der Waals surface area (Å²) in [5, 5.41) is 10.6. The van der Waals surface area contributed by atoms with E-state index in [-0.39, 0.29) is 41.2 Å². The van der Waals surface area contributed by atoms with Crippen molar-refractivity contribution in [2.75, 3.05) is 26.3 Å². The Balaban J connectivity index is 0.00000144. The first-order chi connectivity index (χ1) is 5.70. The summed E-state index contributed by atoms with van der Waals surface area (Å²) in [7, 11) is 0. The fourth-order valence-corrected chi connectivity index (χ4v) is 1.05. The normalized spacial score (nSPS) is 17.9. The van der Waals surface area contributed by atoms with E-state index in [1.807, 2.05) is 0 Å². The van der Waals surface area contributed by atoms with Crippen molar-refractivity contribution in [2.24, 2.45) is 0 Å². The van der Waals surface area contributed by atoms with Gasteiger partial charge in [-0.25, -0.2) is 0 Å². The van der Waals surface area contributed by atoms with Crippen LogP contribution >= 0.6 is 0 Å². The third kappa shape index (κ3) is 4.67. The van der Waals surface area contributed by atoms with Crippen LogP contribution in [0.25, 0.3) is 0 Å². The van der Waals surface area contributed by atoms with Gasteiger partial charge in [-0.1, -0.05) is 6.92 Å². The van der Waals surface area contributed by atoms with E-state index < -0.39 is 0 Å². The molecule has 1 fully saturated rings. The number of rotatable bonds is 1. The van der Waals surface area contributed by atoms with Gasteiger partial charge in [0.05, 0.1) is 13.2 Å². The zero-order chi connectivity index (χ0) is 8.97. The first kappa shape index (κ1) is 13.0. The molecule has 0 aromatic heterocycles. The summed E-state index contributed by atoms with van der Waals surface area (Å²) >= 11 is 0. The molecule has 1 aliphatic heterocycles. The topological polar surface area (TPSA) is 52.6 Å². The molecule has 1 aliphatic rings. The van der Waals surface area contributed by atoms with Crippen molar-refractivity contribution >= 4 is 5.91 Å². The molecule has 13 heavy (non-hydrogen) atoms. The van der Waals surface area contributed by atoms with E-state index in [1.165, 1.54) is 6.92 Å². The zero-order valence-corrected chi connectivity index (χ0v) is 10.1. The van der Waals surface area contributed by atoms with Crippen molar-refractivity contribution in [3.05, 3.63) is 11.8 Å². The smallest absolute Gasteiger partial charge is 0.875 e. The summed E-state index contributed by atoms with van der Waals surface area (Å²) in [6.45, 7) is 3.68. The van der Waals surface area contributed by atoms with Crippen LogP contribution < -0.4 is 34.7 Å². The molecule has 5 heteroatoms. The van der Waals surface area contributed by atoms with E-state index in [2.05, 4.69) is 0 Å². The monoisotopic (exact) mass is 193 g/mol.